The molecule has 0 aromatic rings. The van der Waals surface area contributed by atoms with Crippen LogP contribution < -0.4 is 0 Å². The highest BCUT2D eigenvalue weighted by Crippen LogP contribution is 2.41. The zero-order chi connectivity index (χ0) is 13.6. The van der Waals surface area contributed by atoms with Crippen molar-refractivity contribution in [3.05, 3.63) is 0 Å². The van der Waals surface area contributed by atoms with Gasteiger partial charge in [0.25, 0.3) is 0 Å². The van der Waals surface area contributed by atoms with Crippen LogP contribution in [-0.4, -0.2) is 45.8 Å². The molecule has 5 nitrogen and oxygen atoms in total. The van der Waals surface area contributed by atoms with Gasteiger partial charge in [0.05, 0.1) is 11.1 Å². The van der Waals surface area contributed by atoms with Gasteiger partial charge in [-0.25, -0.2) is 0 Å². The van der Waals surface area contributed by atoms with Crippen molar-refractivity contribution in [2.45, 2.75) is 57.5 Å². The fourth-order valence-corrected chi connectivity index (χ4v) is 3.32. The normalized spacial score (nSPS) is 27.6. The van der Waals surface area contributed by atoms with Crippen LogP contribution in [0.25, 0.3) is 0 Å². The summed E-state index contributed by atoms with van der Waals surface area (Å²) >= 11 is 0. The Balaban J connectivity index is 2.16. The summed E-state index contributed by atoms with van der Waals surface area (Å²) < 4.78 is 0. The van der Waals surface area contributed by atoms with Gasteiger partial charge >= 0.3 is 0 Å². The molecule has 0 bridgehead atoms. The van der Waals surface area contributed by atoms with Gasteiger partial charge in [0.15, 0.2) is 0 Å². The Morgan fingerprint density at radius 3 is 2.22 bits per heavy atom. The molecule has 0 aromatic carbocycles. The van der Waals surface area contributed by atoms with Gasteiger partial charge in [0.2, 0.25) is 5.91 Å². The molecule has 2 aliphatic rings. The number of Topliss-reactive ketones (excluding diaryl/α,β-unsaturated/α-hetero) is 1. The van der Waals surface area contributed by atoms with Crippen LogP contribution in [0, 0.1) is 0 Å². The Kier molecular flexibility index (Phi) is 3.23. The van der Waals surface area contributed by atoms with Crippen molar-refractivity contribution < 1.29 is 14.8 Å². The van der Waals surface area contributed by atoms with E-state index in [1.807, 2.05) is 13.8 Å². The number of piperidine rings is 2. The Hall–Kier alpha value is -0.940. The number of carbonyl (C=O) groups is 2. The average molecular weight is 253 g/mol. The van der Waals surface area contributed by atoms with E-state index >= 15 is 0 Å². The van der Waals surface area contributed by atoms with Crippen LogP contribution in [0.2, 0.25) is 0 Å². The third kappa shape index (κ3) is 2.17. The Bertz CT molecular complexity index is 370. The molecule has 2 heterocycles. The maximum Gasteiger partial charge on any atom is 0.219 e. The molecule has 2 rings (SSSR count). The molecule has 0 atom stereocenters. The van der Waals surface area contributed by atoms with E-state index in [-0.39, 0.29) is 11.7 Å². The number of likely N-dealkylation sites (tertiary alicyclic amines) is 1. The SMILES string of the molecule is CC(=O)N1CCC2(CC1)CC(=O)CC(C)(C)N2[O]. The number of hydroxylamine groups is 2. The fourth-order valence-electron chi connectivity index (χ4n) is 3.32. The number of nitrogens with zero attached hydrogens (tertiary/aromatic N) is 2. The zero-order valence-corrected chi connectivity index (χ0v) is 11.4. The van der Waals surface area contributed by atoms with E-state index in [0.29, 0.717) is 38.8 Å². The van der Waals surface area contributed by atoms with Crippen molar-refractivity contribution in [2.24, 2.45) is 0 Å². The lowest BCUT2D eigenvalue weighted by molar-refractivity contribution is -0.296. The largest absolute Gasteiger partial charge is 0.343 e. The predicted molar refractivity (Wildman–Crippen MR) is 65.1 cm³/mol. The van der Waals surface area contributed by atoms with Gasteiger partial charge in [-0.1, -0.05) is 0 Å². The van der Waals surface area contributed by atoms with E-state index < -0.39 is 11.1 Å². The number of ketones is 1. The van der Waals surface area contributed by atoms with Crippen LogP contribution in [0.3, 0.4) is 0 Å². The first-order valence-electron chi connectivity index (χ1n) is 6.52. The van der Waals surface area contributed by atoms with Gasteiger partial charge < -0.3 is 4.90 Å². The average Bonchev–Trinajstić information content (AvgIpc) is 2.26. The fraction of sp³-hybridized carbons (Fsp3) is 0.846. The molecule has 18 heavy (non-hydrogen) atoms. The summed E-state index contributed by atoms with van der Waals surface area (Å²) in [4.78, 5) is 24.9. The first-order chi connectivity index (χ1) is 8.27. The van der Waals surface area contributed by atoms with Crippen LogP contribution in [0.4, 0.5) is 0 Å². The minimum absolute atomic E-state index is 0.0451. The van der Waals surface area contributed by atoms with Gasteiger partial charge in [0, 0.05) is 32.9 Å². The second-order valence-electron chi connectivity index (χ2n) is 6.23. The van der Waals surface area contributed by atoms with Gasteiger partial charge in [-0.2, -0.15) is 0 Å². The van der Waals surface area contributed by atoms with Crippen molar-refractivity contribution in [1.82, 2.24) is 9.96 Å². The standard InChI is InChI=1S/C13H21N2O3/c1-10(16)14-6-4-13(5-7-14)9-11(17)8-12(2,3)15(13)18/h4-9H2,1-3H3. The molecule has 0 aromatic heterocycles. The minimum Gasteiger partial charge on any atom is -0.343 e. The molecule has 1 amide bonds. The molecule has 1 spiro atoms. The molecule has 0 aliphatic carbocycles. The van der Waals surface area contributed by atoms with Crippen molar-refractivity contribution in [3.63, 3.8) is 0 Å². The molecular formula is C13H21N2O3. The maximum absolute atomic E-state index is 12.5. The highest BCUT2D eigenvalue weighted by Gasteiger charge is 2.52. The second-order valence-corrected chi connectivity index (χ2v) is 6.23. The number of carbonyl (C=O) groups excluding carboxylic acids is 2. The highest BCUT2D eigenvalue weighted by molar-refractivity contribution is 5.82. The molecule has 5 heteroatoms. The highest BCUT2D eigenvalue weighted by atomic mass is 16.5. The summed E-state index contributed by atoms with van der Waals surface area (Å²) in [6, 6.07) is 0. The van der Waals surface area contributed by atoms with E-state index in [4.69, 9.17) is 0 Å². The van der Waals surface area contributed by atoms with Crippen molar-refractivity contribution >= 4 is 11.7 Å². The second kappa shape index (κ2) is 4.31. The number of hydrogen-bond acceptors (Lipinski definition) is 3. The lowest BCUT2D eigenvalue weighted by atomic mass is 9.74. The Morgan fingerprint density at radius 1 is 1.17 bits per heavy atom. The molecule has 0 unspecified atom stereocenters. The first kappa shape index (κ1) is 13.5. The molecule has 2 aliphatic heterocycles. The summed E-state index contributed by atoms with van der Waals surface area (Å²) in [5.41, 5.74) is -1.20. The van der Waals surface area contributed by atoms with Crippen molar-refractivity contribution in [1.29, 1.82) is 0 Å². The Morgan fingerprint density at radius 2 is 1.72 bits per heavy atom. The molecule has 2 saturated heterocycles. The van der Waals surface area contributed by atoms with E-state index in [9.17, 15) is 14.8 Å². The number of hydrogen-bond donors (Lipinski definition) is 0. The monoisotopic (exact) mass is 253 g/mol. The predicted octanol–water partition coefficient (Wildman–Crippen LogP) is 1.16. The third-order valence-electron chi connectivity index (χ3n) is 4.28. The van der Waals surface area contributed by atoms with E-state index in [2.05, 4.69) is 0 Å². The van der Waals surface area contributed by atoms with Crippen molar-refractivity contribution in [2.75, 3.05) is 13.1 Å². The first-order valence-corrected chi connectivity index (χ1v) is 6.52. The quantitative estimate of drug-likeness (QED) is 0.651. The molecular weight excluding hydrogens is 232 g/mol. The van der Waals surface area contributed by atoms with E-state index in [1.54, 1.807) is 11.8 Å². The van der Waals surface area contributed by atoms with Gasteiger partial charge in [0.1, 0.15) is 5.78 Å². The summed E-state index contributed by atoms with van der Waals surface area (Å²) in [6.45, 7) is 6.37. The number of rotatable bonds is 0. The van der Waals surface area contributed by atoms with Crippen LogP contribution in [0.15, 0.2) is 0 Å². The molecule has 2 fully saturated rings. The molecule has 101 valence electrons. The zero-order valence-electron chi connectivity index (χ0n) is 11.4. The summed E-state index contributed by atoms with van der Waals surface area (Å²) in [7, 11) is 0. The minimum atomic E-state index is -0.617. The van der Waals surface area contributed by atoms with Gasteiger partial charge in [-0.15, -0.1) is 10.3 Å². The lowest BCUT2D eigenvalue weighted by Gasteiger charge is -2.52. The number of amides is 1. The van der Waals surface area contributed by atoms with E-state index in [1.165, 1.54) is 0 Å². The third-order valence-corrected chi connectivity index (χ3v) is 4.28. The van der Waals surface area contributed by atoms with Crippen LogP contribution in [0.1, 0.15) is 46.5 Å². The lowest BCUT2D eigenvalue weighted by Crippen LogP contribution is -2.64. The maximum atomic E-state index is 12.5. The summed E-state index contributed by atoms with van der Waals surface area (Å²) in [5, 5.41) is 13.6. The molecule has 0 N–H and O–H groups in total. The topological polar surface area (TPSA) is 60.5 Å². The summed E-state index contributed by atoms with van der Waals surface area (Å²) in [5.74, 6) is 0.215. The summed E-state index contributed by atoms with van der Waals surface area (Å²) in [6.07, 6.45) is 1.87. The molecule has 1 radical (unpaired) electrons. The van der Waals surface area contributed by atoms with Crippen molar-refractivity contribution in [3.8, 4) is 0 Å². The van der Waals surface area contributed by atoms with Crippen LogP contribution in [0.5, 0.6) is 0 Å². The van der Waals surface area contributed by atoms with Gasteiger partial charge in [-0.3, -0.25) is 9.59 Å². The van der Waals surface area contributed by atoms with Gasteiger partial charge in [-0.05, 0) is 26.7 Å². The van der Waals surface area contributed by atoms with Crippen LogP contribution in [-0.2, 0) is 14.8 Å². The van der Waals surface area contributed by atoms with E-state index in [0.717, 1.165) is 5.06 Å². The smallest absolute Gasteiger partial charge is 0.219 e. The molecule has 0 saturated carbocycles. The van der Waals surface area contributed by atoms with Crippen LogP contribution >= 0.6 is 0 Å². The Labute approximate surface area is 108 Å².